The lowest BCUT2D eigenvalue weighted by Gasteiger charge is -2.19. The molecule has 0 aliphatic heterocycles. The number of hydrogen-bond acceptors (Lipinski definition) is 3. The summed E-state index contributed by atoms with van der Waals surface area (Å²) in [5.41, 5.74) is 6.62. The fourth-order valence-corrected chi connectivity index (χ4v) is 3.15. The maximum Gasteiger partial charge on any atom is 0.317 e. The van der Waals surface area contributed by atoms with Gasteiger partial charge in [-0.1, -0.05) is 0 Å². The average molecular weight is 361 g/mol. The zero-order chi connectivity index (χ0) is 19.6. The molecule has 1 N–H and O–H groups in total. The molecular formula is C19H32N6O. The summed E-state index contributed by atoms with van der Waals surface area (Å²) >= 11 is 0. The standard InChI is InChI=1S/C19H32N6O/c1-12(2)25-17(7)18(15(5)22-25)11-23(8)19(26)20-9-10-24-16(6)13(3)14(4)21-24/h12H,9-11H2,1-8H3,(H,20,26). The minimum absolute atomic E-state index is 0.0839. The molecule has 2 aromatic rings. The van der Waals surface area contributed by atoms with Crippen LogP contribution in [0.25, 0.3) is 0 Å². The summed E-state index contributed by atoms with van der Waals surface area (Å²) in [5, 5.41) is 12.1. The van der Waals surface area contributed by atoms with Gasteiger partial charge in [0.2, 0.25) is 0 Å². The normalized spacial score (nSPS) is 11.3. The summed E-state index contributed by atoms with van der Waals surface area (Å²) < 4.78 is 3.97. The van der Waals surface area contributed by atoms with E-state index in [2.05, 4.69) is 50.1 Å². The Morgan fingerprint density at radius 2 is 1.73 bits per heavy atom. The maximum atomic E-state index is 12.4. The van der Waals surface area contributed by atoms with Crippen LogP contribution >= 0.6 is 0 Å². The van der Waals surface area contributed by atoms with Crippen molar-refractivity contribution in [3.8, 4) is 0 Å². The Kier molecular flexibility index (Phi) is 6.10. The van der Waals surface area contributed by atoms with Crippen LogP contribution in [0.1, 0.15) is 53.8 Å². The zero-order valence-corrected chi connectivity index (χ0v) is 17.3. The van der Waals surface area contributed by atoms with Crippen molar-refractivity contribution in [2.75, 3.05) is 13.6 Å². The van der Waals surface area contributed by atoms with E-state index in [1.807, 2.05) is 30.3 Å². The molecule has 2 rings (SSSR count). The Morgan fingerprint density at radius 3 is 2.23 bits per heavy atom. The monoisotopic (exact) mass is 360 g/mol. The summed E-state index contributed by atoms with van der Waals surface area (Å²) in [6.07, 6.45) is 0. The Hall–Kier alpha value is -2.31. The van der Waals surface area contributed by atoms with E-state index in [0.29, 0.717) is 25.7 Å². The number of urea groups is 1. The molecule has 2 amide bonds. The van der Waals surface area contributed by atoms with Crippen molar-refractivity contribution < 1.29 is 4.79 Å². The van der Waals surface area contributed by atoms with Gasteiger partial charge in [0, 0.05) is 36.6 Å². The molecule has 7 nitrogen and oxygen atoms in total. The van der Waals surface area contributed by atoms with Gasteiger partial charge in [0.05, 0.1) is 24.5 Å². The number of nitrogens with zero attached hydrogens (tertiary/aromatic N) is 5. The van der Waals surface area contributed by atoms with E-state index in [-0.39, 0.29) is 6.03 Å². The van der Waals surface area contributed by atoms with Crippen LogP contribution in [0.3, 0.4) is 0 Å². The number of carbonyl (C=O) groups is 1. The zero-order valence-electron chi connectivity index (χ0n) is 17.3. The number of nitrogens with one attached hydrogen (secondary N) is 1. The first kappa shape index (κ1) is 20.0. The second-order valence-corrected chi connectivity index (χ2v) is 7.29. The van der Waals surface area contributed by atoms with Gasteiger partial charge in [-0.05, 0) is 54.0 Å². The first-order valence-electron chi connectivity index (χ1n) is 9.17. The molecule has 0 fully saturated rings. The number of amides is 2. The SMILES string of the molecule is Cc1nn(CCNC(=O)N(C)Cc2c(C)nn(C(C)C)c2C)c(C)c1C. The van der Waals surface area contributed by atoms with Crippen LogP contribution in [0.15, 0.2) is 0 Å². The van der Waals surface area contributed by atoms with E-state index in [0.717, 1.165) is 28.3 Å². The summed E-state index contributed by atoms with van der Waals surface area (Å²) in [5.74, 6) is 0. The van der Waals surface area contributed by atoms with Gasteiger partial charge >= 0.3 is 6.03 Å². The van der Waals surface area contributed by atoms with Crippen molar-refractivity contribution in [2.45, 2.75) is 67.6 Å². The molecule has 26 heavy (non-hydrogen) atoms. The highest BCUT2D eigenvalue weighted by Gasteiger charge is 2.17. The third-order valence-corrected chi connectivity index (χ3v) is 5.05. The number of aromatic nitrogens is 4. The lowest BCUT2D eigenvalue weighted by atomic mass is 10.2. The lowest BCUT2D eigenvalue weighted by molar-refractivity contribution is 0.206. The molecular weight excluding hydrogens is 328 g/mol. The van der Waals surface area contributed by atoms with Crippen LogP contribution in [0.5, 0.6) is 0 Å². The van der Waals surface area contributed by atoms with Crippen LogP contribution in [-0.4, -0.2) is 44.1 Å². The van der Waals surface area contributed by atoms with Crippen molar-refractivity contribution in [1.29, 1.82) is 0 Å². The minimum atomic E-state index is -0.0839. The molecule has 0 bridgehead atoms. The Morgan fingerprint density at radius 1 is 1.08 bits per heavy atom. The molecule has 0 radical (unpaired) electrons. The summed E-state index contributed by atoms with van der Waals surface area (Å²) in [6, 6.07) is 0.227. The first-order chi connectivity index (χ1) is 12.1. The van der Waals surface area contributed by atoms with E-state index in [9.17, 15) is 4.79 Å². The smallest absolute Gasteiger partial charge is 0.317 e. The predicted molar refractivity (Wildman–Crippen MR) is 103 cm³/mol. The average Bonchev–Trinajstić information content (AvgIpc) is 2.99. The lowest BCUT2D eigenvalue weighted by Crippen LogP contribution is -2.38. The Labute approximate surface area is 156 Å². The highest BCUT2D eigenvalue weighted by molar-refractivity contribution is 5.73. The largest absolute Gasteiger partial charge is 0.336 e. The van der Waals surface area contributed by atoms with Crippen molar-refractivity contribution in [3.63, 3.8) is 0 Å². The topological polar surface area (TPSA) is 68.0 Å². The van der Waals surface area contributed by atoms with Gasteiger partial charge in [0.15, 0.2) is 0 Å². The van der Waals surface area contributed by atoms with Crippen molar-refractivity contribution >= 4 is 6.03 Å². The highest BCUT2D eigenvalue weighted by atomic mass is 16.2. The van der Waals surface area contributed by atoms with E-state index < -0.39 is 0 Å². The molecule has 144 valence electrons. The molecule has 0 saturated heterocycles. The number of hydrogen-bond donors (Lipinski definition) is 1. The van der Waals surface area contributed by atoms with E-state index in [1.54, 1.807) is 4.90 Å². The Bertz CT molecular complexity index is 787. The second kappa shape index (κ2) is 7.93. The molecule has 0 spiro atoms. The van der Waals surface area contributed by atoms with Crippen LogP contribution in [0.2, 0.25) is 0 Å². The molecule has 0 atom stereocenters. The van der Waals surface area contributed by atoms with Gasteiger partial charge in [0.1, 0.15) is 0 Å². The maximum absolute atomic E-state index is 12.4. The van der Waals surface area contributed by atoms with Crippen molar-refractivity contribution in [3.05, 3.63) is 33.9 Å². The summed E-state index contributed by atoms with van der Waals surface area (Å²) in [4.78, 5) is 14.1. The van der Waals surface area contributed by atoms with Gasteiger partial charge in [-0.15, -0.1) is 0 Å². The van der Waals surface area contributed by atoms with Crippen LogP contribution in [-0.2, 0) is 13.1 Å². The molecule has 2 heterocycles. The highest BCUT2D eigenvalue weighted by Crippen LogP contribution is 2.18. The molecule has 0 aliphatic rings. The molecule has 0 saturated carbocycles. The third kappa shape index (κ3) is 4.08. The van der Waals surface area contributed by atoms with Crippen molar-refractivity contribution in [2.24, 2.45) is 0 Å². The summed E-state index contributed by atoms with van der Waals surface area (Å²) in [6.45, 7) is 16.2. The molecule has 2 aromatic heterocycles. The summed E-state index contributed by atoms with van der Waals surface area (Å²) in [7, 11) is 1.81. The van der Waals surface area contributed by atoms with Gasteiger partial charge < -0.3 is 10.2 Å². The quantitative estimate of drug-likeness (QED) is 0.861. The number of rotatable bonds is 6. The fraction of sp³-hybridized carbons (Fsp3) is 0.632. The van der Waals surface area contributed by atoms with Gasteiger partial charge in [-0.3, -0.25) is 9.36 Å². The molecule has 0 aliphatic carbocycles. The van der Waals surface area contributed by atoms with Crippen LogP contribution in [0.4, 0.5) is 4.79 Å². The Balaban J connectivity index is 1.93. The molecule has 0 unspecified atom stereocenters. The van der Waals surface area contributed by atoms with Crippen LogP contribution < -0.4 is 5.32 Å². The fourth-order valence-electron chi connectivity index (χ4n) is 3.15. The van der Waals surface area contributed by atoms with Gasteiger partial charge in [0.25, 0.3) is 0 Å². The van der Waals surface area contributed by atoms with Crippen LogP contribution in [0, 0.1) is 34.6 Å². The number of carbonyl (C=O) groups excluding carboxylic acids is 1. The molecule has 7 heteroatoms. The van der Waals surface area contributed by atoms with Gasteiger partial charge in [-0.2, -0.15) is 10.2 Å². The van der Waals surface area contributed by atoms with E-state index in [4.69, 9.17) is 0 Å². The predicted octanol–water partition coefficient (Wildman–Crippen LogP) is 3.04. The van der Waals surface area contributed by atoms with E-state index in [1.165, 1.54) is 5.56 Å². The minimum Gasteiger partial charge on any atom is -0.336 e. The first-order valence-corrected chi connectivity index (χ1v) is 9.17. The van der Waals surface area contributed by atoms with Gasteiger partial charge in [-0.25, -0.2) is 4.79 Å². The van der Waals surface area contributed by atoms with E-state index >= 15 is 0 Å². The second-order valence-electron chi connectivity index (χ2n) is 7.29. The third-order valence-electron chi connectivity index (χ3n) is 5.05. The molecule has 0 aromatic carbocycles. The van der Waals surface area contributed by atoms with Crippen molar-refractivity contribution in [1.82, 2.24) is 29.8 Å². The number of aryl methyl sites for hydroxylation is 2.